The number of aliphatic carboxylic acids is 1. The third kappa shape index (κ3) is 2.37. The molecular weight excluding hydrogens is 180 g/mol. The van der Waals surface area contributed by atoms with Gasteiger partial charge in [0.25, 0.3) is 5.92 Å². The van der Waals surface area contributed by atoms with Crippen molar-refractivity contribution >= 4 is 5.97 Å². The van der Waals surface area contributed by atoms with Crippen LogP contribution in [0.4, 0.5) is 8.78 Å². The van der Waals surface area contributed by atoms with Crippen LogP contribution in [0.25, 0.3) is 0 Å². The second-order valence-electron chi connectivity index (χ2n) is 3.38. The predicted molar refractivity (Wildman–Crippen MR) is 42.8 cm³/mol. The maximum Gasteiger partial charge on any atom is 0.309 e. The van der Waals surface area contributed by atoms with E-state index in [9.17, 15) is 13.6 Å². The monoisotopic (exact) mass is 193 g/mol. The van der Waals surface area contributed by atoms with Crippen molar-refractivity contribution in [1.82, 2.24) is 4.90 Å². The molecule has 1 aliphatic rings. The van der Waals surface area contributed by atoms with Crippen molar-refractivity contribution in [2.45, 2.75) is 19.3 Å². The number of alkyl halides is 2. The number of hydrogen-bond acceptors (Lipinski definition) is 2. The van der Waals surface area contributed by atoms with Crippen molar-refractivity contribution in [2.24, 2.45) is 5.92 Å². The van der Waals surface area contributed by atoms with Crippen LogP contribution in [0.5, 0.6) is 0 Å². The van der Waals surface area contributed by atoms with Crippen LogP contribution in [0.1, 0.15) is 13.3 Å². The quantitative estimate of drug-likeness (QED) is 0.725. The van der Waals surface area contributed by atoms with Gasteiger partial charge in [-0.15, -0.1) is 0 Å². The Hall–Kier alpha value is -0.710. The van der Waals surface area contributed by atoms with E-state index < -0.39 is 24.2 Å². The Kier molecular flexibility index (Phi) is 2.85. The number of carbonyl (C=O) groups is 1. The highest BCUT2D eigenvalue weighted by molar-refractivity contribution is 5.67. The number of nitrogens with zero attached hydrogens (tertiary/aromatic N) is 1. The Morgan fingerprint density at radius 3 is 2.54 bits per heavy atom. The zero-order valence-corrected chi connectivity index (χ0v) is 7.46. The Morgan fingerprint density at radius 2 is 2.15 bits per heavy atom. The van der Waals surface area contributed by atoms with Gasteiger partial charge in [-0.2, -0.15) is 0 Å². The average molecular weight is 193 g/mol. The fourth-order valence-electron chi connectivity index (χ4n) is 1.44. The summed E-state index contributed by atoms with van der Waals surface area (Å²) in [6.45, 7) is 3.28. The van der Waals surface area contributed by atoms with E-state index in [0.29, 0.717) is 13.1 Å². The number of carboxylic acids is 1. The Balaban J connectivity index is 2.39. The summed E-state index contributed by atoms with van der Waals surface area (Å²) in [6.07, 6.45) is -1.05. The molecule has 0 aromatic rings. The molecule has 0 spiro atoms. The highest BCUT2D eigenvalue weighted by atomic mass is 19.3. The predicted octanol–water partition coefficient (Wildman–Crippen LogP) is 1.05. The molecule has 0 atom stereocenters. The molecule has 76 valence electrons. The fraction of sp³-hybridized carbons (Fsp3) is 0.875. The zero-order chi connectivity index (χ0) is 10.1. The van der Waals surface area contributed by atoms with Gasteiger partial charge in [-0.3, -0.25) is 4.79 Å². The van der Waals surface area contributed by atoms with Crippen LogP contribution in [0.2, 0.25) is 0 Å². The minimum atomic E-state index is -3.04. The second-order valence-corrected chi connectivity index (χ2v) is 3.38. The van der Waals surface area contributed by atoms with Crippen molar-refractivity contribution in [3.05, 3.63) is 0 Å². The fourth-order valence-corrected chi connectivity index (χ4v) is 1.44. The average Bonchev–Trinajstić information content (AvgIpc) is 1.79. The molecule has 1 saturated heterocycles. The molecule has 0 amide bonds. The number of rotatable bonds is 4. The van der Waals surface area contributed by atoms with Gasteiger partial charge in [-0.1, -0.05) is 6.92 Å². The van der Waals surface area contributed by atoms with Crippen LogP contribution in [-0.2, 0) is 4.79 Å². The normalized spacial score (nSPS) is 19.9. The number of hydrogen-bond donors (Lipinski definition) is 1. The molecule has 0 unspecified atom stereocenters. The largest absolute Gasteiger partial charge is 0.481 e. The Bertz CT molecular complexity index is 202. The Morgan fingerprint density at radius 1 is 1.62 bits per heavy atom. The van der Waals surface area contributed by atoms with E-state index in [1.54, 1.807) is 0 Å². The third-order valence-corrected chi connectivity index (χ3v) is 2.39. The highest BCUT2D eigenvalue weighted by Gasteiger charge is 2.47. The molecule has 0 saturated carbocycles. The molecule has 0 bridgehead atoms. The first-order chi connectivity index (χ1) is 5.95. The molecule has 1 N–H and O–H groups in total. The summed E-state index contributed by atoms with van der Waals surface area (Å²) in [4.78, 5) is 12.0. The van der Waals surface area contributed by atoms with Crippen molar-refractivity contribution in [3.8, 4) is 0 Å². The Labute approximate surface area is 75.3 Å². The van der Waals surface area contributed by atoms with Crippen LogP contribution in [0, 0.1) is 5.92 Å². The van der Waals surface area contributed by atoms with E-state index in [4.69, 9.17) is 5.11 Å². The summed E-state index contributed by atoms with van der Waals surface area (Å²) in [6, 6.07) is 0. The van der Waals surface area contributed by atoms with Gasteiger partial charge in [0.05, 0.1) is 0 Å². The highest BCUT2D eigenvalue weighted by Crippen LogP contribution is 2.34. The van der Waals surface area contributed by atoms with Crippen molar-refractivity contribution in [3.63, 3.8) is 0 Å². The van der Waals surface area contributed by atoms with Gasteiger partial charge in [0, 0.05) is 19.0 Å². The van der Waals surface area contributed by atoms with Crippen molar-refractivity contribution in [1.29, 1.82) is 0 Å². The molecule has 1 aliphatic heterocycles. The lowest BCUT2D eigenvalue weighted by Crippen LogP contribution is -2.54. The van der Waals surface area contributed by atoms with Gasteiger partial charge in [-0.25, -0.2) is 8.78 Å². The summed E-state index contributed by atoms with van der Waals surface area (Å²) in [5.41, 5.74) is 0. The smallest absolute Gasteiger partial charge is 0.309 e. The van der Waals surface area contributed by atoms with E-state index in [1.807, 2.05) is 11.8 Å². The maximum absolute atomic E-state index is 13.0. The first-order valence-electron chi connectivity index (χ1n) is 4.27. The lowest BCUT2D eigenvalue weighted by Gasteiger charge is -2.42. The van der Waals surface area contributed by atoms with Crippen LogP contribution < -0.4 is 0 Å². The van der Waals surface area contributed by atoms with E-state index >= 15 is 0 Å². The first kappa shape index (κ1) is 10.4. The van der Waals surface area contributed by atoms with E-state index in [1.165, 1.54) is 0 Å². The number of likely N-dealkylation sites (tertiary alicyclic amines) is 1. The lowest BCUT2D eigenvalue weighted by atomic mass is 9.91. The van der Waals surface area contributed by atoms with Crippen LogP contribution >= 0.6 is 0 Å². The molecular formula is C8H13F2NO2. The second kappa shape index (κ2) is 3.57. The van der Waals surface area contributed by atoms with Gasteiger partial charge in [0.15, 0.2) is 0 Å². The minimum Gasteiger partial charge on any atom is -0.481 e. The van der Waals surface area contributed by atoms with Crippen LogP contribution in [0.15, 0.2) is 0 Å². The minimum absolute atomic E-state index is 0.316. The summed E-state index contributed by atoms with van der Waals surface area (Å²) >= 11 is 0. The maximum atomic E-state index is 13.0. The van der Waals surface area contributed by atoms with Crippen molar-refractivity contribution < 1.29 is 18.7 Å². The summed E-state index contributed by atoms with van der Waals surface area (Å²) in [7, 11) is 0. The lowest BCUT2D eigenvalue weighted by molar-refractivity contribution is -0.158. The molecule has 1 heterocycles. The summed E-state index contributed by atoms with van der Waals surface area (Å²) < 4.78 is 26.0. The molecule has 1 rings (SSSR count). The molecule has 0 aromatic carbocycles. The van der Waals surface area contributed by atoms with Gasteiger partial charge in [0.1, 0.15) is 6.42 Å². The van der Waals surface area contributed by atoms with Crippen LogP contribution in [-0.4, -0.2) is 41.5 Å². The standard InChI is InChI=1S/C8H13F2NO2/c1-2-11-4-6(5-11)8(9,10)3-7(12)13/h6H,2-5H2,1H3,(H,12,13). The number of carboxylic acid groups (broad SMARTS) is 1. The summed E-state index contributed by atoms with van der Waals surface area (Å²) in [5.74, 6) is -5.25. The van der Waals surface area contributed by atoms with Gasteiger partial charge in [0.2, 0.25) is 0 Å². The SMILES string of the molecule is CCN1CC(C(F)(F)CC(=O)O)C1. The molecule has 13 heavy (non-hydrogen) atoms. The van der Waals surface area contributed by atoms with Gasteiger partial charge in [-0.05, 0) is 6.54 Å². The van der Waals surface area contributed by atoms with Crippen molar-refractivity contribution in [2.75, 3.05) is 19.6 Å². The topological polar surface area (TPSA) is 40.5 Å². The van der Waals surface area contributed by atoms with Gasteiger partial charge < -0.3 is 10.0 Å². The van der Waals surface area contributed by atoms with Crippen LogP contribution in [0.3, 0.4) is 0 Å². The molecule has 0 aromatic heterocycles. The van der Waals surface area contributed by atoms with E-state index in [0.717, 1.165) is 6.54 Å². The molecule has 3 nitrogen and oxygen atoms in total. The first-order valence-corrected chi connectivity index (χ1v) is 4.27. The summed E-state index contributed by atoms with van der Waals surface area (Å²) in [5, 5.41) is 8.25. The number of halogens is 2. The zero-order valence-electron chi connectivity index (χ0n) is 7.46. The molecule has 0 aliphatic carbocycles. The third-order valence-electron chi connectivity index (χ3n) is 2.39. The molecule has 0 radical (unpaired) electrons. The molecule has 1 fully saturated rings. The van der Waals surface area contributed by atoms with E-state index in [2.05, 4.69) is 0 Å². The molecule has 5 heteroatoms. The van der Waals surface area contributed by atoms with E-state index in [-0.39, 0.29) is 0 Å². The van der Waals surface area contributed by atoms with Gasteiger partial charge >= 0.3 is 5.97 Å².